The molecule has 22 heavy (non-hydrogen) atoms. The van der Waals surface area contributed by atoms with Crippen molar-refractivity contribution in [3.63, 3.8) is 0 Å². The molecule has 0 aromatic rings. The zero-order chi connectivity index (χ0) is 16.3. The van der Waals surface area contributed by atoms with Gasteiger partial charge in [-0.05, 0) is 12.8 Å². The highest BCUT2D eigenvalue weighted by molar-refractivity contribution is 6.36. The first kappa shape index (κ1) is 21.7. The molecule has 3 nitrogen and oxygen atoms in total. The Morgan fingerprint density at radius 2 is 1.09 bits per heavy atom. The van der Waals surface area contributed by atoms with Gasteiger partial charge in [0.2, 0.25) is 0 Å². The maximum absolute atomic E-state index is 5.76. The highest BCUT2D eigenvalue weighted by Gasteiger charge is 2.14. The van der Waals surface area contributed by atoms with E-state index in [9.17, 15) is 0 Å². The fourth-order valence-electron chi connectivity index (χ4n) is 2.33. The van der Waals surface area contributed by atoms with Crippen LogP contribution in [0.2, 0.25) is 0 Å². The van der Waals surface area contributed by atoms with Gasteiger partial charge in [0.15, 0.2) is 0 Å². The molecule has 0 unspecified atom stereocenters. The highest BCUT2D eigenvalue weighted by atomic mass is 28.3. The van der Waals surface area contributed by atoms with Crippen molar-refractivity contribution in [3.05, 3.63) is 12.8 Å². The van der Waals surface area contributed by atoms with E-state index in [0.29, 0.717) is 0 Å². The van der Waals surface area contributed by atoms with Gasteiger partial charge in [-0.2, -0.15) is 0 Å². The Bertz CT molecular complexity index is 206. The Morgan fingerprint density at radius 3 is 1.50 bits per heavy atom. The molecule has 0 saturated carbocycles. The fraction of sp³-hybridized carbons (Fsp3) is 0.889. The van der Waals surface area contributed by atoms with Crippen molar-refractivity contribution in [3.8, 4) is 0 Å². The van der Waals surface area contributed by atoms with Gasteiger partial charge in [-0.1, -0.05) is 84.6 Å². The molecule has 0 saturated heterocycles. The molecule has 0 rings (SSSR count). The lowest BCUT2D eigenvalue weighted by atomic mass is 10.1. The van der Waals surface area contributed by atoms with Crippen molar-refractivity contribution in [2.24, 2.45) is 0 Å². The topological polar surface area (TPSA) is 27.7 Å². The van der Waals surface area contributed by atoms with Crippen LogP contribution >= 0.6 is 0 Å². The number of hydrogen-bond donors (Lipinski definition) is 0. The second-order valence-electron chi connectivity index (χ2n) is 5.87. The predicted octanol–water partition coefficient (Wildman–Crippen LogP) is 5.62. The molecule has 0 aromatic heterocycles. The van der Waals surface area contributed by atoms with E-state index in [1.165, 1.54) is 70.5 Å². The Kier molecular flexibility index (Phi) is 18.5. The van der Waals surface area contributed by atoms with Crippen molar-refractivity contribution < 1.29 is 13.3 Å². The minimum Gasteiger partial charge on any atom is -0.510 e. The third kappa shape index (κ3) is 16.1. The van der Waals surface area contributed by atoms with Gasteiger partial charge in [0.1, 0.15) is 0 Å². The molecule has 4 heteroatoms. The highest BCUT2D eigenvalue weighted by Crippen LogP contribution is 2.07. The summed E-state index contributed by atoms with van der Waals surface area (Å²) >= 11 is 0. The van der Waals surface area contributed by atoms with Crippen LogP contribution in [0.3, 0.4) is 0 Å². The minimum atomic E-state index is -1.98. The van der Waals surface area contributed by atoms with Crippen LogP contribution in [0, 0.1) is 0 Å². The standard InChI is InChI=1S/C18H38O3Si/c1-4-7-9-11-13-15-17-20-22(19-6-3)21-18-16-14-12-10-8-5-2/h6,22H,3-5,7-18H2,1-2H3. The van der Waals surface area contributed by atoms with Crippen LogP contribution in [-0.2, 0) is 13.3 Å². The van der Waals surface area contributed by atoms with Crippen molar-refractivity contribution in [2.45, 2.75) is 90.9 Å². The summed E-state index contributed by atoms with van der Waals surface area (Å²) < 4.78 is 16.9. The van der Waals surface area contributed by atoms with Crippen LogP contribution in [0.25, 0.3) is 0 Å². The van der Waals surface area contributed by atoms with E-state index >= 15 is 0 Å². The molecule has 0 aliphatic rings. The van der Waals surface area contributed by atoms with Gasteiger partial charge in [0, 0.05) is 13.2 Å². The number of hydrogen-bond acceptors (Lipinski definition) is 3. The van der Waals surface area contributed by atoms with E-state index in [4.69, 9.17) is 13.3 Å². The summed E-state index contributed by atoms with van der Waals surface area (Å²) in [6.45, 7) is 9.61. The average Bonchev–Trinajstić information content (AvgIpc) is 2.53. The summed E-state index contributed by atoms with van der Waals surface area (Å²) in [4.78, 5) is 0. The van der Waals surface area contributed by atoms with Crippen molar-refractivity contribution >= 4 is 9.53 Å². The zero-order valence-electron chi connectivity index (χ0n) is 15.0. The second-order valence-corrected chi connectivity index (χ2v) is 7.38. The van der Waals surface area contributed by atoms with E-state index in [2.05, 4.69) is 20.4 Å². The molecule has 0 aliphatic carbocycles. The van der Waals surface area contributed by atoms with Gasteiger partial charge < -0.3 is 13.3 Å². The molecule has 0 fully saturated rings. The first-order valence-corrected chi connectivity index (χ1v) is 10.8. The average molecular weight is 331 g/mol. The molecule has 0 radical (unpaired) electrons. The van der Waals surface area contributed by atoms with Crippen molar-refractivity contribution in [1.29, 1.82) is 0 Å². The first-order valence-electron chi connectivity index (χ1n) is 9.34. The molecule has 0 bridgehead atoms. The first-order chi connectivity index (χ1) is 10.8. The minimum absolute atomic E-state index is 0.757. The van der Waals surface area contributed by atoms with E-state index in [0.717, 1.165) is 26.1 Å². The molecule has 0 atom stereocenters. The molecule has 0 heterocycles. The summed E-state index contributed by atoms with van der Waals surface area (Å²) in [5, 5.41) is 0. The van der Waals surface area contributed by atoms with Crippen molar-refractivity contribution in [1.82, 2.24) is 0 Å². The summed E-state index contributed by atoms with van der Waals surface area (Å²) in [5.74, 6) is 0. The lowest BCUT2D eigenvalue weighted by Gasteiger charge is -2.15. The molecular formula is C18H38O3Si. The van der Waals surface area contributed by atoms with E-state index in [-0.39, 0.29) is 0 Å². The maximum Gasteiger partial charge on any atom is 0.549 e. The van der Waals surface area contributed by atoms with E-state index < -0.39 is 9.53 Å². The van der Waals surface area contributed by atoms with Crippen molar-refractivity contribution in [2.75, 3.05) is 13.2 Å². The third-order valence-corrected chi connectivity index (χ3v) is 5.14. The second kappa shape index (κ2) is 18.7. The Morgan fingerprint density at radius 1 is 0.682 bits per heavy atom. The van der Waals surface area contributed by atoms with Crippen LogP contribution in [-0.4, -0.2) is 22.7 Å². The van der Waals surface area contributed by atoms with Gasteiger partial charge in [-0.3, -0.25) is 0 Å². The van der Waals surface area contributed by atoms with Gasteiger partial charge in [0.25, 0.3) is 0 Å². The van der Waals surface area contributed by atoms with Gasteiger partial charge >= 0.3 is 9.53 Å². The van der Waals surface area contributed by atoms with Gasteiger partial charge in [-0.25, -0.2) is 0 Å². The van der Waals surface area contributed by atoms with Crippen LogP contribution in [0.5, 0.6) is 0 Å². The lowest BCUT2D eigenvalue weighted by molar-refractivity contribution is 0.121. The van der Waals surface area contributed by atoms with Crippen LogP contribution in [0.15, 0.2) is 12.8 Å². The molecule has 0 aliphatic heterocycles. The van der Waals surface area contributed by atoms with Crippen LogP contribution < -0.4 is 0 Å². The maximum atomic E-state index is 5.76. The molecule has 132 valence electrons. The summed E-state index contributed by atoms with van der Waals surface area (Å²) in [7, 11) is -1.98. The number of rotatable bonds is 18. The zero-order valence-corrected chi connectivity index (χ0v) is 16.1. The third-order valence-electron chi connectivity index (χ3n) is 3.71. The Labute approximate surface area is 140 Å². The SMILES string of the molecule is C=CO[SiH](OCCCCCCCC)OCCCCCCCC. The normalized spacial score (nSPS) is 11.0. The summed E-state index contributed by atoms with van der Waals surface area (Å²) in [5.41, 5.74) is 0. The molecule has 0 N–H and O–H groups in total. The number of unbranched alkanes of at least 4 members (excludes halogenated alkanes) is 10. The monoisotopic (exact) mass is 330 g/mol. The molecule has 0 spiro atoms. The van der Waals surface area contributed by atoms with E-state index in [1.54, 1.807) is 0 Å². The lowest BCUT2D eigenvalue weighted by Crippen LogP contribution is -2.26. The molecule has 0 amide bonds. The summed E-state index contributed by atoms with van der Waals surface area (Å²) in [6.07, 6.45) is 16.7. The van der Waals surface area contributed by atoms with Gasteiger partial charge in [0.05, 0.1) is 6.26 Å². The Hall–Kier alpha value is -0.323. The summed E-state index contributed by atoms with van der Waals surface area (Å²) in [6, 6.07) is 0. The van der Waals surface area contributed by atoms with Gasteiger partial charge in [-0.15, -0.1) is 0 Å². The largest absolute Gasteiger partial charge is 0.549 e. The molecule has 0 aromatic carbocycles. The quantitative estimate of drug-likeness (QED) is 0.185. The van der Waals surface area contributed by atoms with Crippen LogP contribution in [0.1, 0.15) is 90.9 Å². The smallest absolute Gasteiger partial charge is 0.510 e. The van der Waals surface area contributed by atoms with Crippen LogP contribution in [0.4, 0.5) is 0 Å². The predicted molar refractivity (Wildman–Crippen MR) is 97.1 cm³/mol. The van der Waals surface area contributed by atoms with E-state index in [1.807, 2.05) is 0 Å². The molecular weight excluding hydrogens is 292 g/mol. The fourth-order valence-corrected chi connectivity index (χ4v) is 3.46. The Balaban J connectivity index is 3.46.